The normalized spacial score (nSPS) is 17.2. The smallest absolute Gasteiger partial charge is 0.416 e. The summed E-state index contributed by atoms with van der Waals surface area (Å²) >= 11 is 0. The van der Waals surface area contributed by atoms with Gasteiger partial charge in [-0.05, 0) is 36.6 Å². The Morgan fingerprint density at radius 3 is 2.35 bits per heavy atom. The quantitative estimate of drug-likeness (QED) is 0.872. The van der Waals surface area contributed by atoms with Crippen LogP contribution in [-0.2, 0) is 11.8 Å². The highest BCUT2D eigenvalue weighted by atomic mass is 19.4. The molecule has 0 saturated carbocycles. The summed E-state index contributed by atoms with van der Waals surface area (Å²) in [6.45, 7) is 0.525. The molecule has 0 unspecified atom stereocenters. The number of benzene rings is 1. The molecule has 1 aromatic heterocycles. The van der Waals surface area contributed by atoms with Gasteiger partial charge in [-0.3, -0.25) is 0 Å². The number of hydrogen-bond donors (Lipinski definition) is 2. The van der Waals surface area contributed by atoms with Gasteiger partial charge in [0.15, 0.2) is 5.69 Å². The van der Waals surface area contributed by atoms with Crippen LogP contribution in [-0.4, -0.2) is 34.3 Å². The van der Waals surface area contributed by atoms with Gasteiger partial charge in [-0.15, -0.1) is 0 Å². The van der Waals surface area contributed by atoms with Crippen LogP contribution in [0, 0.1) is 0 Å². The number of anilines is 1. The molecule has 138 valence electrons. The number of aromatic carboxylic acids is 1. The molecule has 1 saturated heterocycles. The van der Waals surface area contributed by atoms with Crippen molar-refractivity contribution in [3.05, 3.63) is 59.3 Å². The molecular formula is C18H17F3N2O3. The first-order valence-corrected chi connectivity index (χ1v) is 8.05. The van der Waals surface area contributed by atoms with Crippen molar-refractivity contribution in [2.75, 3.05) is 18.0 Å². The van der Waals surface area contributed by atoms with Gasteiger partial charge in [-0.25, -0.2) is 9.78 Å². The second-order valence-electron chi connectivity index (χ2n) is 6.25. The Morgan fingerprint density at radius 1 is 1.08 bits per heavy atom. The molecular weight excluding hydrogens is 349 g/mol. The average molecular weight is 366 g/mol. The maximum Gasteiger partial charge on any atom is 0.416 e. The number of pyridine rings is 1. The Morgan fingerprint density at radius 2 is 1.73 bits per heavy atom. The molecule has 0 aliphatic carbocycles. The van der Waals surface area contributed by atoms with E-state index in [1.807, 2.05) is 0 Å². The van der Waals surface area contributed by atoms with E-state index in [9.17, 15) is 23.1 Å². The van der Waals surface area contributed by atoms with Crippen molar-refractivity contribution in [1.82, 2.24) is 4.98 Å². The second kappa shape index (κ2) is 6.60. The van der Waals surface area contributed by atoms with Crippen molar-refractivity contribution >= 4 is 11.8 Å². The van der Waals surface area contributed by atoms with Crippen LogP contribution in [0.15, 0.2) is 42.5 Å². The Hall–Kier alpha value is -2.61. The lowest BCUT2D eigenvalue weighted by Gasteiger charge is -2.40. The maximum atomic E-state index is 13.2. The average Bonchev–Trinajstić information content (AvgIpc) is 2.62. The Bertz CT molecular complexity index is 815. The van der Waals surface area contributed by atoms with Gasteiger partial charge < -0.3 is 15.1 Å². The second-order valence-corrected chi connectivity index (χ2v) is 6.25. The third-order valence-corrected chi connectivity index (χ3v) is 4.60. The third kappa shape index (κ3) is 3.50. The summed E-state index contributed by atoms with van der Waals surface area (Å²) in [6.07, 6.45) is -4.38. The third-order valence-electron chi connectivity index (χ3n) is 4.60. The van der Waals surface area contributed by atoms with E-state index in [1.54, 1.807) is 17.0 Å². The molecule has 2 N–H and O–H groups in total. The predicted molar refractivity (Wildman–Crippen MR) is 88.0 cm³/mol. The maximum absolute atomic E-state index is 13.2. The van der Waals surface area contributed by atoms with E-state index in [0.29, 0.717) is 5.82 Å². The van der Waals surface area contributed by atoms with E-state index in [-0.39, 0.29) is 37.2 Å². The summed E-state index contributed by atoms with van der Waals surface area (Å²) < 4.78 is 39.7. The Kier molecular flexibility index (Phi) is 4.62. The number of rotatable bonds is 3. The summed E-state index contributed by atoms with van der Waals surface area (Å²) in [5.74, 6) is -0.726. The molecule has 0 radical (unpaired) electrons. The van der Waals surface area contributed by atoms with E-state index in [4.69, 9.17) is 5.11 Å². The number of carbonyl (C=O) groups is 1. The van der Waals surface area contributed by atoms with Crippen LogP contribution in [0.4, 0.5) is 19.0 Å². The van der Waals surface area contributed by atoms with Crippen LogP contribution in [0.1, 0.15) is 34.5 Å². The van der Waals surface area contributed by atoms with Gasteiger partial charge in [0.25, 0.3) is 0 Å². The van der Waals surface area contributed by atoms with Crippen molar-refractivity contribution in [2.24, 2.45) is 0 Å². The zero-order valence-electron chi connectivity index (χ0n) is 13.7. The lowest BCUT2D eigenvalue weighted by molar-refractivity contribution is -0.141. The van der Waals surface area contributed by atoms with Gasteiger partial charge in [-0.2, -0.15) is 13.2 Å². The molecule has 3 rings (SSSR count). The summed E-state index contributed by atoms with van der Waals surface area (Å²) in [6, 6.07) is 9.62. The number of aliphatic hydroxyl groups is 1. The number of nitrogens with zero attached hydrogens (tertiary/aromatic N) is 2. The molecule has 1 aliphatic rings. The fourth-order valence-corrected chi connectivity index (χ4v) is 3.23. The van der Waals surface area contributed by atoms with Gasteiger partial charge in [0.05, 0.1) is 11.2 Å². The molecule has 5 nitrogen and oxygen atoms in total. The number of carboxylic acids is 1. The molecule has 8 heteroatoms. The van der Waals surface area contributed by atoms with Crippen molar-refractivity contribution in [2.45, 2.75) is 24.6 Å². The highest BCUT2D eigenvalue weighted by Gasteiger charge is 2.42. The van der Waals surface area contributed by atoms with Crippen LogP contribution in [0.5, 0.6) is 0 Å². The number of alkyl halides is 3. The molecule has 0 spiro atoms. The number of hydrogen-bond acceptors (Lipinski definition) is 4. The van der Waals surface area contributed by atoms with Gasteiger partial charge in [0.2, 0.25) is 0 Å². The first-order chi connectivity index (χ1) is 12.2. The number of carboxylic acid groups (broad SMARTS) is 1. The molecule has 1 fully saturated rings. The van der Waals surface area contributed by atoms with Gasteiger partial charge >= 0.3 is 12.1 Å². The lowest BCUT2D eigenvalue weighted by Crippen LogP contribution is -2.44. The summed E-state index contributed by atoms with van der Waals surface area (Å²) in [5, 5.41) is 19.9. The van der Waals surface area contributed by atoms with Crippen LogP contribution in [0.2, 0.25) is 0 Å². The molecule has 2 aromatic rings. The van der Waals surface area contributed by atoms with E-state index in [2.05, 4.69) is 4.98 Å². The van der Waals surface area contributed by atoms with Crippen molar-refractivity contribution in [1.29, 1.82) is 0 Å². The minimum absolute atomic E-state index is 0.0824. The van der Waals surface area contributed by atoms with Gasteiger partial charge in [-0.1, -0.05) is 24.3 Å². The molecule has 0 atom stereocenters. The molecule has 2 heterocycles. The first kappa shape index (κ1) is 18.2. The fraction of sp³-hybridized carbons (Fsp3) is 0.333. The number of piperidine rings is 1. The van der Waals surface area contributed by atoms with Crippen molar-refractivity contribution in [3.63, 3.8) is 0 Å². The van der Waals surface area contributed by atoms with Crippen LogP contribution in [0.25, 0.3) is 0 Å². The standard InChI is InChI=1S/C18H17F3N2O3/c19-18(20,21)13-5-2-1-4-12(13)17(26)8-10-23(11-9-17)15-7-3-6-14(22-15)16(24)25/h1-7,26H,8-11H2,(H,24,25). The molecule has 1 aliphatic heterocycles. The predicted octanol–water partition coefficient (Wildman–Crippen LogP) is 3.29. The topological polar surface area (TPSA) is 73.7 Å². The van der Waals surface area contributed by atoms with Gasteiger partial charge in [0, 0.05) is 13.1 Å². The Balaban J connectivity index is 1.82. The zero-order chi connectivity index (χ0) is 18.9. The first-order valence-electron chi connectivity index (χ1n) is 8.05. The van der Waals surface area contributed by atoms with E-state index in [0.717, 1.165) is 6.07 Å². The highest BCUT2D eigenvalue weighted by molar-refractivity contribution is 5.85. The summed E-state index contributed by atoms with van der Waals surface area (Å²) in [5.41, 5.74) is -2.65. The monoisotopic (exact) mass is 366 g/mol. The summed E-state index contributed by atoms with van der Waals surface area (Å²) in [7, 11) is 0. The SMILES string of the molecule is O=C(O)c1cccc(N2CCC(O)(c3ccccc3C(F)(F)F)CC2)n1. The highest BCUT2D eigenvalue weighted by Crippen LogP contribution is 2.41. The van der Waals surface area contributed by atoms with Crippen LogP contribution in [0.3, 0.4) is 0 Å². The number of halogens is 3. The summed E-state index contributed by atoms with van der Waals surface area (Å²) in [4.78, 5) is 16.8. The van der Waals surface area contributed by atoms with E-state index in [1.165, 1.54) is 24.3 Å². The molecule has 1 aromatic carbocycles. The minimum atomic E-state index is -4.54. The van der Waals surface area contributed by atoms with Crippen molar-refractivity contribution in [3.8, 4) is 0 Å². The largest absolute Gasteiger partial charge is 0.477 e. The Labute approximate surface area is 147 Å². The number of aromatic nitrogens is 1. The zero-order valence-corrected chi connectivity index (χ0v) is 13.7. The van der Waals surface area contributed by atoms with E-state index >= 15 is 0 Å². The lowest BCUT2D eigenvalue weighted by atomic mass is 9.81. The van der Waals surface area contributed by atoms with Crippen LogP contribution < -0.4 is 4.90 Å². The van der Waals surface area contributed by atoms with E-state index < -0.39 is 23.3 Å². The molecule has 0 bridgehead atoms. The van der Waals surface area contributed by atoms with Gasteiger partial charge in [0.1, 0.15) is 5.82 Å². The van der Waals surface area contributed by atoms with Crippen molar-refractivity contribution < 1.29 is 28.2 Å². The molecule has 26 heavy (non-hydrogen) atoms. The molecule has 0 amide bonds. The fourth-order valence-electron chi connectivity index (χ4n) is 3.23. The minimum Gasteiger partial charge on any atom is -0.477 e. The van der Waals surface area contributed by atoms with Crippen LogP contribution >= 0.6 is 0 Å².